The van der Waals surface area contributed by atoms with Crippen molar-refractivity contribution in [2.24, 2.45) is 0 Å². The highest BCUT2D eigenvalue weighted by Gasteiger charge is 2.36. The first-order valence-electron chi connectivity index (χ1n) is 9.06. The van der Waals surface area contributed by atoms with Crippen molar-refractivity contribution < 1.29 is 13.2 Å². The highest BCUT2D eigenvalue weighted by atomic mass is 19.4. The minimum Gasteiger partial charge on any atom is -0.368 e. The molecular weight excluding hydrogens is 381 g/mol. The lowest BCUT2D eigenvalue weighted by Crippen LogP contribution is -2.11. The zero-order chi connectivity index (χ0) is 20.2. The van der Waals surface area contributed by atoms with Crippen LogP contribution in [0.25, 0.3) is 28.0 Å². The van der Waals surface area contributed by atoms with Crippen LogP contribution in [0.4, 0.5) is 19.1 Å². The van der Waals surface area contributed by atoms with Crippen molar-refractivity contribution in [3.8, 4) is 22.4 Å². The smallest absolute Gasteiger partial charge is 0.368 e. The molecule has 1 saturated carbocycles. The van der Waals surface area contributed by atoms with E-state index >= 15 is 0 Å². The number of halogens is 3. The lowest BCUT2D eigenvalue weighted by Gasteiger charge is -2.15. The standard InChI is InChI=1S/C20H15F3N6/c21-20(22,23)15-9-13(8-14(27-15)11-6-7-11)16-17(12-4-2-1-3-5-12)28-19(24)29-18(16)25-10-26-29/h1-5,8-11H,6-7H2,(H2,24,28). The molecule has 0 unspecified atom stereocenters. The third-order valence-corrected chi connectivity index (χ3v) is 4.92. The zero-order valence-electron chi connectivity index (χ0n) is 15.1. The number of anilines is 1. The quantitative estimate of drug-likeness (QED) is 0.557. The molecule has 0 saturated heterocycles. The second-order valence-corrected chi connectivity index (χ2v) is 6.99. The van der Waals surface area contributed by atoms with Crippen LogP contribution in [-0.2, 0) is 6.18 Å². The van der Waals surface area contributed by atoms with E-state index in [1.807, 2.05) is 30.3 Å². The Labute approximate surface area is 163 Å². The number of alkyl halides is 3. The van der Waals surface area contributed by atoms with Crippen molar-refractivity contribution in [3.63, 3.8) is 0 Å². The molecule has 0 radical (unpaired) electrons. The molecule has 0 aliphatic heterocycles. The van der Waals surface area contributed by atoms with E-state index in [0.717, 1.165) is 24.5 Å². The minimum atomic E-state index is -4.56. The van der Waals surface area contributed by atoms with Crippen molar-refractivity contribution in [1.82, 2.24) is 24.6 Å². The van der Waals surface area contributed by atoms with E-state index in [-0.39, 0.29) is 11.9 Å². The second-order valence-electron chi connectivity index (χ2n) is 6.99. The lowest BCUT2D eigenvalue weighted by atomic mass is 9.98. The summed E-state index contributed by atoms with van der Waals surface area (Å²) in [6, 6.07) is 11.9. The predicted octanol–water partition coefficient (Wildman–Crippen LogP) is 4.33. The van der Waals surface area contributed by atoms with Crippen molar-refractivity contribution in [1.29, 1.82) is 0 Å². The van der Waals surface area contributed by atoms with Gasteiger partial charge in [-0.05, 0) is 30.5 Å². The maximum absolute atomic E-state index is 13.6. The van der Waals surface area contributed by atoms with E-state index in [1.54, 1.807) is 6.07 Å². The van der Waals surface area contributed by atoms with Crippen LogP contribution in [0.2, 0.25) is 0 Å². The van der Waals surface area contributed by atoms with Crippen molar-refractivity contribution >= 4 is 11.6 Å². The van der Waals surface area contributed by atoms with Gasteiger partial charge in [0.2, 0.25) is 5.95 Å². The number of pyridine rings is 1. The molecule has 5 rings (SSSR count). The average Bonchev–Trinajstić information content (AvgIpc) is 3.44. The zero-order valence-corrected chi connectivity index (χ0v) is 15.1. The van der Waals surface area contributed by atoms with Crippen LogP contribution < -0.4 is 5.73 Å². The van der Waals surface area contributed by atoms with Crippen molar-refractivity contribution in [3.05, 3.63) is 60.2 Å². The molecule has 0 spiro atoms. The topological polar surface area (TPSA) is 82.0 Å². The summed E-state index contributed by atoms with van der Waals surface area (Å²) in [5, 5.41) is 4.06. The Morgan fingerprint density at radius 3 is 2.45 bits per heavy atom. The molecule has 4 aromatic rings. The fourth-order valence-corrected chi connectivity index (χ4v) is 3.40. The summed E-state index contributed by atoms with van der Waals surface area (Å²) in [5.74, 6) is 0.152. The van der Waals surface area contributed by atoms with Gasteiger partial charge in [0.25, 0.3) is 0 Å². The summed E-state index contributed by atoms with van der Waals surface area (Å²) >= 11 is 0. The molecule has 0 atom stereocenters. The van der Waals surface area contributed by atoms with Crippen LogP contribution in [-0.4, -0.2) is 24.6 Å². The van der Waals surface area contributed by atoms with E-state index in [9.17, 15) is 13.2 Å². The van der Waals surface area contributed by atoms with E-state index in [2.05, 4.69) is 20.1 Å². The van der Waals surface area contributed by atoms with Crippen molar-refractivity contribution in [2.75, 3.05) is 5.73 Å². The number of rotatable bonds is 3. The average molecular weight is 396 g/mol. The largest absolute Gasteiger partial charge is 0.433 e. The van der Waals surface area contributed by atoms with Gasteiger partial charge >= 0.3 is 6.18 Å². The molecule has 6 nitrogen and oxygen atoms in total. The van der Waals surface area contributed by atoms with Gasteiger partial charge in [-0.2, -0.15) is 22.8 Å². The van der Waals surface area contributed by atoms with Gasteiger partial charge in [-0.15, -0.1) is 0 Å². The molecule has 146 valence electrons. The molecule has 1 fully saturated rings. The summed E-state index contributed by atoms with van der Waals surface area (Å²) in [5.41, 5.74) is 7.84. The molecule has 29 heavy (non-hydrogen) atoms. The van der Waals surface area contributed by atoms with Crippen LogP contribution in [0, 0.1) is 0 Å². The van der Waals surface area contributed by atoms with Crippen molar-refractivity contribution in [2.45, 2.75) is 24.9 Å². The van der Waals surface area contributed by atoms with Crippen LogP contribution in [0.5, 0.6) is 0 Å². The third kappa shape index (κ3) is 3.08. The van der Waals surface area contributed by atoms with E-state index in [4.69, 9.17) is 5.73 Å². The summed E-state index contributed by atoms with van der Waals surface area (Å²) in [6.45, 7) is 0. The summed E-state index contributed by atoms with van der Waals surface area (Å²) < 4.78 is 42.0. The number of nitrogens with zero attached hydrogens (tertiary/aromatic N) is 5. The molecule has 2 N–H and O–H groups in total. The molecule has 0 amide bonds. The molecule has 3 aromatic heterocycles. The van der Waals surface area contributed by atoms with E-state index in [0.29, 0.717) is 28.2 Å². The Bertz CT molecular complexity index is 1210. The van der Waals surface area contributed by atoms with Crippen LogP contribution in [0.1, 0.15) is 30.1 Å². The molecule has 1 aliphatic carbocycles. The van der Waals surface area contributed by atoms with Gasteiger partial charge in [0.1, 0.15) is 12.0 Å². The maximum Gasteiger partial charge on any atom is 0.433 e. The molecule has 3 heterocycles. The molecule has 1 aliphatic rings. The second kappa shape index (κ2) is 6.26. The van der Waals surface area contributed by atoms with E-state index < -0.39 is 11.9 Å². The Hall–Kier alpha value is -3.49. The first kappa shape index (κ1) is 17.6. The Balaban J connectivity index is 1.84. The Morgan fingerprint density at radius 2 is 1.76 bits per heavy atom. The number of nitrogen functional groups attached to an aromatic ring is 1. The minimum absolute atomic E-state index is 0.0480. The third-order valence-electron chi connectivity index (χ3n) is 4.92. The van der Waals surface area contributed by atoms with Gasteiger partial charge in [0, 0.05) is 17.2 Å². The van der Waals surface area contributed by atoms with Gasteiger partial charge in [-0.1, -0.05) is 30.3 Å². The molecular formula is C20H15F3N6. The van der Waals surface area contributed by atoms with Gasteiger partial charge < -0.3 is 5.73 Å². The number of aromatic nitrogens is 5. The van der Waals surface area contributed by atoms with Gasteiger partial charge in [-0.3, -0.25) is 0 Å². The number of fused-ring (bicyclic) bond motifs is 1. The maximum atomic E-state index is 13.6. The van der Waals surface area contributed by atoms with Crippen LogP contribution in [0.3, 0.4) is 0 Å². The fraction of sp³-hybridized carbons (Fsp3) is 0.200. The first-order valence-corrected chi connectivity index (χ1v) is 9.06. The number of nitrogens with two attached hydrogens (primary N) is 1. The number of hydrogen-bond acceptors (Lipinski definition) is 5. The predicted molar refractivity (Wildman–Crippen MR) is 101 cm³/mol. The normalized spacial score (nSPS) is 14.4. The van der Waals surface area contributed by atoms with E-state index in [1.165, 1.54) is 10.8 Å². The molecule has 0 bridgehead atoms. The lowest BCUT2D eigenvalue weighted by molar-refractivity contribution is -0.141. The fourth-order valence-electron chi connectivity index (χ4n) is 3.40. The molecule has 1 aromatic carbocycles. The monoisotopic (exact) mass is 396 g/mol. The highest BCUT2D eigenvalue weighted by molar-refractivity contribution is 5.90. The highest BCUT2D eigenvalue weighted by Crippen LogP contribution is 2.43. The van der Waals surface area contributed by atoms with Gasteiger partial charge in [-0.25, -0.2) is 15.0 Å². The summed E-state index contributed by atoms with van der Waals surface area (Å²) in [7, 11) is 0. The Kier molecular flexibility index (Phi) is 3.80. The molecule has 9 heteroatoms. The number of benzene rings is 1. The SMILES string of the molecule is Nc1nc(-c2ccccc2)c(-c2cc(C3CC3)nc(C(F)(F)F)c2)c2ncnn12. The van der Waals surface area contributed by atoms with Crippen LogP contribution >= 0.6 is 0 Å². The summed E-state index contributed by atoms with van der Waals surface area (Å²) in [6.07, 6.45) is -1.59. The van der Waals surface area contributed by atoms with Gasteiger partial charge in [0.15, 0.2) is 5.65 Å². The van der Waals surface area contributed by atoms with Crippen LogP contribution in [0.15, 0.2) is 48.8 Å². The van der Waals surface area contributed by atoms with Gasteiger partial charge in [0.05, 0.1) is 11.3 Å². The summed E-state index contributed by atoms with van der Waals surface area (Å²) in [4.78, 5) is 12.6. The Morgan fingerprint density at radius 1 is 1.00 bits per heavy atom. The first-order chi connectivity index (χ1) is 13.9. The number of hydrogen-bond donors (Lipinski definition) is 1.